The van der Waals surface area contributed by atoms with Crippen molar-refractivity contribution in [3.05, 3.63) is 47.5 Å². The molecule has 1 aliphatic heterocycles. The van der Waals surface area contributed by atoms with Crippen LogP contribution in [0.15, 0.2) is 35.6 Å². The number of fused-ring (bicyclic) bond motifs is 1. The molecule has 0 fully saturated rings. The summed E-state index contributed by atoms with van der Waals surface area (Å²) in [4.78, 5) is 28.4. The zero-order valence-corrected chi connectivity index (χ0v) is 20.7. The van der Waals surface area contributed by atoms with Crippen LogP contribution in [0.25, 0.3) is 0 Å². The highest BCUT2D eigenvalue weighted by Crippen LogP contribution is 2.39. The number of para-hydroxylation sites is 1. The first-order valence-electron chi connectivity index (χ1n) is 12.3. The predicted molar refractivity (Wildman–Crippen MR) is 137 cm³/mol. The minimum absolute atomic E-state index is 0.162. The van der Waals surface area contributed by atoms with Gasteiger partial charge in [-0.05, 0) is 64.3 Å². The molecule has 0 saturated carbocycles. The van der Waals surface area contributed by atoms with Gasteiger partial charge in [-0.15, -0.1) is 0 Å². The number of hydrogen-bond donors (Lipinski definition) is 3. The van der Waals surface area contributed by atoms with Gasteiger partial charge in [0.15, 0.2) is 0 Å². The number of aliphatic hydroxyl groups excluding tert-OH is 1. The number of aliphatic imine (C=N–C) groups is 1. The topological polar surface area (TPSA) is 103 Å². The summed E-state index contributed by atoms with van der Waals surface area (Å²) >= 11 is 0. The van der Waals surface area contributed by atoms with E-state index in [1.165, 1.54) is 5.56 Å². The molecule has 34 heavy (non-hydrogen) atoms. The van der Waals surface area contributed by atoms with E-state index in [0.29, 0.717) is 30.4 Å². The number of unbranched alkanes of at least 4 members (excludes halogenated alkanes) is 1. The van der Waals surface area contributed by atoms with Gasteiger partial charge in [0.05, 0.1) is 17.9 Å². The number of benzene rings is 1. The van der Waals surface area contributed by atoms with Crippen molar-refractivity contribution >= 4 is 23.0 Å². The molecule has 0 saturated heterocycles. The first-order chi connectivity index (χ1) is 16.5. The van der Waals surface area contributed by atoms with Crippen LogP contribution >= 0.6 is 0 Å². The van der Waals surface area contributed by atoms with Crippen LogP contribution in [0.4, 0.5) is 11.4 Å². The molecule has 1 aromatic carbocycles. The van der Waals surface area contributed by atoms with Crippen molar-refractivity contribution in [1.29, 1.82) is 0 Å². The molecule has 2 aromatic rings. The Hall–Kier alpha value is -2.84. The monoisotopic (exact) mass is 466 g/mol. The molecular formula is C26H38N6O2. The molecule has 0 bridgehead atoms. The maximum atomic E-state index is 12.6. The predicted octanol–water partition coefficient (Wildman–Crippen LogP) is 3.26. The number of aryl methyl sites for hydroxylation is 1. The van der Waals surface area contributed by atoms with Crippen molar-refractivity contribution in [3.8, 4) is 0 Å². The molecule has 1 amide bonds. The largest absolute Gasteiger partial charge is 0.396 e. The smallest absolute Gasteiger partial charge is 0.265 e. The lowest BCUT2D eigenvalue weighted by molar-refractivity contribution is -0.114. The van der Waals surface area contributed by atoms with Crippen molar-refractivity contribution < 1.29 is 9.90 Å². The summed E-state index contributed by atoms with van der Waals surface area (Å²) in [7, 11) is 0. The van der Waals surface area contributed by atoms with Crippen LogP contribution in [0.1, 0.15) is 62.4 Å². The third-order valence-electron chi connectivity index (χ3n) is 6.16. The van der Waals surface area contributed by atoms with E-state index < -0.39 is 0 Å². The highest BCUT2D eigenvalue weighted by molar-refractivity contribution is 6.38. The van der Waals surface area contributed by atoms with Crippen LogP contribution in [0.2, 0.25) is 0 Å². The zero-order chi connectivity index (χ0) is 24.3. The first kappa shape index (κ1) is 25.8. The van der Waals surface area contributed by atoms with Gasteiger partial charge in [-0.2, -0.15) is 0 Å². The van der Waals surface area contributed by atoms with Crippen molar-refractivity contribution in [1.82, 2.24) is 20.6 Å². The Morgan fingerprint density at radius 2 is 2.00 bits per heavy atom. The Morgan fingerprint density at radius 3 is 2.79 bits per heavy atom. The molecule has 8 nitrogen and oxygen atoms in total. The first-order valence-corrected chi connectivity index (χ1v) is 12.3. The number of aliphatic hydroxyl groups is 1. The molecule has 0 spiro atoms. The number of hydrogen-bond acceptors (Lipinski definition) is 7. The highest BCUT2D eigenvalue weighted by Gasteiger charge is 2.28. The van der Waals surface area contributed by atoms with E-state index in [9.17, 15) is 9.90 Å². The van der Waals surface area contributed by atoms with E-state index in [1.54, 1.807) is 13.3 Å². The average molecular weight is 467 g/mol. The number of rotatable bonds is 13. The van der Waals surface area contributed by atoms with Gasteiger partial charge in [0.2, 0.25) is 0 Å². The van der Waals surface area contributed by atoms with Crippen LogP contribution in [0, 0.1) is 6.92 Å². The number of nitrogens with one attached hydrogen (secondary N) is 2. The molecule has 1 aromatic heterocycles. The van der Waals surface area contributed by atoms with Crippen molar-refractivity contribution in [2.75, 3.05) is 37.7 Å². The summed E-state index contributed by atoms with van der Waals surface area (Å²) in [6.07, 6.45) is 5.37. The van der Waals surface area contributed by atoms with E-state index in [2.05, 4.69) is 49.6 Å². The molecule has 0 aliphatic carbocycles. The maximum Gasteiger partial charge on any atom is 0.265 e. The third kappa shape index (κ3) is 6.84. The van der Waals surface area contributed by atoms with Crippen LogP contribution in [-0.4, -0.2) is 59.5 Å². The van der Waals surface area contributed by atoms with E-state index in [1.807, 2.05) is 19.1 Å². The second-order valence-corrected chi connectivity index (χ2v) is 8.81. The van der Waals surface area contributed by atoms with Gasteiger partial charge in [0.25, 0.3) is 5.91 Å². The number of nitrogens with zero attached hydrogens (tertiary/aromatic N) is 4. The van der Waals surface area contributed by atoms with Crippen LogP contribution < -0.4 is 15.5 Å². The maximum absolute atomic E-state index is 12.6. The quantitative estimate of drug-likeness (QED) is 0.309. The van der Waals surface area contributed by atoms with E-state index in [0.717, 1.165) is 62.4 Å². The van der Waals surface area contributed by atoms with E-state index in [4.69, 9.17) is 0 Å². The van der Waals surface area contributed by atoms with Crippen LogP contribution in [0.3, 0.4) is 0 Å². The standard InChI is InChI=1S/C26H38N6O2/c1-4-12-27-13-7-8-14-28-26(34)20(3)31-25-19(2)29-18-30-23(25)17-32-16-21(11-15-33)22-9-5-6-10-24(22)32/h5-6,9-10,18,21,27,33H,4,7-8,11-17H2,1-3H3,(H,28,34). The Bertz CT molecular complexity index is 978. The fourth-order valence-corrected chi connectivity index (χ4v) is 4.32. The fraction of sp³-hybridized carbons (Fsp3) is 0.538. The Labute approximate surface area is 202 Å². The van der Waals surface area contributed by atoms with Gasteiger partial charge in [0.1, 0.15) is 17.7 Å². The second-order valence-electron chi connectivity index (χ2n) is 8.81. The van der Waals surface area contributed by atoms with Gasteiger partial charge in [-0.1, -0.05) is 25.1 Å². The number of aromatic nitrogens is 2. The van der Waals surface area contributed by atoms with Crippen molar-refractivity contribution in [2.45, 2.75) is 58.9 Å². The van der Waals surface area contributed by atoms with Crippen molar-refractivity contribution in [3.63, 3.8) is 0 Å². The molecule has 1 unspecified atom stereocenters. The molecule has 1 atom stereocenters. The van der Waals surface area contributed by atoms with Crippen LogP contribution in [-0.2, 0) is 11.3 Å². The molecule has 2 heterocycles. The zero-order valence-electron chi connectivity index (χ0n) is 20.7. The molecule has 3 rings (SSSR count). The van der Waals surface area contributed by atoms with E-state index in [-0.39, 0.29) is 12.5 Å². The van der Waals surface area contributed by atoms with Gasteiger partial charge < -0.3 is 20.6 Å². The second kappa shape index (κ2) is 13.2. The molecule has 1 aliphatic rings. The fourth-order valence-electron chi connectivity index (χ4n) is 4.32. The number of anilines is 1. The van der Waals surface area contributed by atoms with Gasteiger partial charge in [0, 0.05) is 31.3 Å². The normalized spacial score (nSPS) is 15.5. The lowest BCUT2D eigenvalue weighted by Gasteiger charge is -2.20. The highest BCUT2D eigenvalue weighted by atomic mass is 16.3. The van der Waals surface area contributed by atoms with Crippen molar-refractivity contribution in [2.24, 2.45) is 4.99 Å². The van der Waals surface area contributed by atoms with Gasteiger partial charge in [-0.3, -0.25) is 4.79 Å². The third-order valence-corrected chi connectivity index (χ3v) is 6.16. The summed E-state index contributed by atoms with van der Waals surface area (Å²) in [5.74, 6) is 0.131. The lowest BCUT2D eigenvalue weighted by Crippen LogP contribution is -2.30. The Kier molecular flexibility index (Phi) is 9.97. The summed E-state index contributed by atoms with van der Waals surface area (Å²) in [5, 5.41) is 15.8. The molecule has 8 heteroatoms. The van der Waals surface area contributed by atoms with Gasteiger partial charge >= 0.3 is 0 Å². The minimum Gasteiger partial charge on any atom is -0.396 e. The summed E-state index contributed by atoms with van der Waals surface area (Å²) in [5.41, 5.74) is 5.02. The molecule has 0 radical (unpaired) electrons. The van der Waals surface area contributed by atoms with E-state index >= 15 is 0 Å². The van der Waals surface area contributed by atoms with Gasteiger partial charge in [-0.25, -0.2) is 15.0 Å². The molecule has 184 valence electrons. The number of carbonyl (C=O) groups is 1. The Balaban J connectivity index is 1.67. The Morgan fingerprint density at radius 1 is 1.21 bits per heavy atom. The summed E-state index contributed by atoms with van der Waals surface area (Å²) < 4.78 is 0. The summed E-state index contributed by atoms with van der Waals surface area (Å²) in [6, 6.07) is 8.32. The lowest BCUT2D eigenvalue weighted by atomic mass is 9.99. The molecule has 3 N–H and O–H groups in total. The summed E-state index contributed by atoms with van der Waals surface area (Å²) in [6.45, 7) is 9.97. The van der Waals surface area contributed by atoms with Crippen LogP contribution in [0.5, 0.6) is 0 Å². The number of amides is 1. The SMILES string of the molecule is CCCNCCCCNC(=O)C(C)=Nc1c(C)ncnc1CN1CC(CCO)c2ccccc21. The minimum atomic E-state index is -0.162. The average Bonchev–Trinajstić information content (AvgIpc) is 3.18. The molecular weight excluding hydrogens is 428 g/mol. The number of carbonyl (C=O) groups excluding carboxylic acids is 1.